The lowest BCUT2D eigenvalue weighted by Gasteiger charge is -2.25. The predicted molar refractivity (Wildman–Crippen MR) is 62.0 cm³/mol. The number of carbonyl (C=O) groups excluding carboxylic acids is 1. The van der Waals surface area contributed by atoms with Crippen molar-refractivity contribution in [1.29, 1.82) is 0 Å². The number of aliphatic carboxylic acids is 1. The van der Waals surface area contributed by atoms with E-state index in [4.69, 9.17) is 10.8 Å². The Kier molecular flexibility index (Phi) is 6.03. The van der Waals surface area contributed by atoms with E-state index in [1.807, 2.05) is 13.8 Å². The number of amides is 1. The quantitative estimate of drug-likeness (QED) is 0.605. The Labute approximate surface area is 96.4 Å². The van der Waals surface area contributed by atoms with Crippen molar-refractivity contribution < 1.29 is 14.7 Å². The van der Waals surface area contributed by atoms with Gasteiger partial charge in [0.2, 0.25) is 5.91 Å². The van der Waals surface area contributed by atoms with Gasteiger partial charge in [-0.15, -0.1) is 0 Å². The molecule has 0 aromatic rings. The molecule has 0 aromatic carbocycles. The molecule has 0 heterocycles. The van der Waals surface area contributed by atoms with Crippen LogP contribution in [0.2, 0.25) is 0 Å². The van der Waals surface area contributed by atoms with Gasteiger partial charge in [0.1, 0.15) is 6.04 Å². The van der Waals surface area contributed by atoms with Gasteiger partial charge in [-0.05, 0) is 19.8 Å². The minimum atomic E-state index is -1.01. The molecule has 16 heavy (non-hydrogen) atoms. The van der Waals surface area contributed by atoms with E-state index >= 15 is 0 Å². The van der Waals surface area contributed by atoms with Crippen LogP contribution in [0.1, 0.15) is 46.5 Å². The normalized spacial score (nSPS) is 16.2. The Morgan fingerprint density at radius 3 is 2.31 bits per heavy atom. The Bertz CT molecular complexity index is 252. The van der Waals surface area contributed by atoms with Crippen LogP contribution in [0, 0.1) is 0 Å². The van der Waals surface area contributed by atoms with Crippen molar-refractivity contribution in [2.24, 2.45) is 5.73 Å². The Morgan fingerprint density at radius 1 is 1.38 bits per heavy atom. The van der Waals surface area contributed by atoms with E-state index < -0.39 is 23.5 Å². The van der Waals surface area contributed by atoms with Crippen molar-refractivity contribution in [3.8, 4) is 0 Å². The summed E-state index contributed by atoms with van der Waals surface area (Å²) >= 11 is 0. The largest absolute Gasteiger partial charge is 0.480 e. The maximum absolute atomic E-state index is 11.7. The van der Waals surface area contributed by atoms with Crippen LogP contribution >= 0.6 is 0 Å². The molecule has 0 fully saturated rings. The van der Waals surface area contributed by atoms with Crippen LogP contribution in [-0.4, -0.2) is 28.6 Å². The number of hydrogen-bond acceptors (Lipinski definition) is 3. The lowest BCUT2D eigenvalue weighted by molar-refractivity contribution is -0.142. The predicted octanol–water partition coefficient (Wildman–Crippen LogP) is 0.873. The fourth-order valence-electron chi connectivity index (χ4n) is 1.50. The molecule has 2 atom stereocenters. The fraction of sp³-hybridized carbons (Fsp3) is 0.818. The second kappa shape index (κ2) is 6.48. The van der Waals surface area contributed by atoms with Crippen molar-refractivity contribution >= 4 is 11.9 Å². The van der Waals surface area contributed by atoms with Gasteiger partial charge >= 0.3 is 5.97 Å². The molecule has 0 rings (SSSR count). The zero-order valence-corrected chi connectivity index (χ0v) is 10.2. The molecule has 0 aliphatic rings. The maximum atomic E-state index is 11.7. The average molecular weight is 230 g/mol. The standard InChI is InChI=1S/C11H22N2O3/c1-4-6-8(9(14)15)13-10(16)11(3,12)7-5-2/h8H,4-7,12H2,1-3H3,(H,13,16)(H,14,15). The molecule has 4 N–H and O–H groups in total. The highest BCUT2D eigenvalue weighted by Gasteiger charge is 2.30. The van der Waals surface area contributed by atoms with Gasteiger partial charge in [0.05, 0.1) is 5.54 Å². The Morgan fingerprint density at radius 2 is 1.94 bits per heavy atom. The summed E-state index contributed by atoms with van der Waals surface area (Å²) in [6.45, 7) is 5.42. The molecule has 1 amide bonds. The molecule has 2 unspecified atom stereocenters. The molecule has 5 heteroatoms. The molecule has 5 nitrogen and oxygen atoms in total. The SMILES string of the molecule is CCCC(NC(=O)C(C)(N)CCC)C(=O)O. The lowest BCUT2D eigenvalue weighted by Crippen LogP contribution is -2.55. The van der Waals surface area contributed by atoms with Gasteiger partial charge in [-0.3, -0.25) is 4.79 Å². The summed E-state index contributed by atoms with van der Waals surface area (Å²) in [5.41, 5.74) is 4.82. The van der Waals surface area contributed by atoms with Gasteiger partial charge in [-0.2, -0.15) is 0 Å². The molecule has 0 saturated carbocycles. The molecular weight excluding hydrogens is 208 g/mol. The average Bonchev–Trinajstić information content (AvgIpc) is 2.16. The summed E-state index contributed by atoms with van der Waals surface area (Å²) in [4.78, 5) is 22.6. The topological polar surface area (TPSA) is 92.4 Å². The van der Waals surface area contributed by atoms with Crippen molar-refractivity contribution in [2.75, 3.05) is 0 Å². The summed E-state index contributed by atoms with van der Waals surface area (Å²) in [6.07, 6.45) is 2.44. The molecule has 94 valence electrons. The smallest absolute Gasteiger partial charge is 0.326 e. The van der Waals surface area contributed by atoms with Crippen LogP contribution in [-0.2, 0) is 9.59 Å². The first-order chi connectivity index (χ1) is 7.35. The minimum absolute atomic E-state index is 0.393. The van der Waals surface area contributed by atoms with Crippen LogP contribution in [0.3, 0.4) is 0 Å². The van der Waals surface area contributed by atoms with E-state index in [0.29, 0.717) is 19.3 Å². The number of rotatable bonds is 7. The van der Waals surface area contributed by atoms with Crippen molar-refractivity contribution in [1.82, 2.24) is 5.32 Å². The van der Waals surface area contributed by atoms with E-state index in [9.17, 15) is 9.59 Å². The summed E-state index contributed by atoms with van der Waals surface area (Å²) in [6, 6.07) is -0.836. The van der Waals surface area contributed by atoms with E-state index in [1.54, 1.807) is 6.92 Å². The molecule has 0 saturated heterocycles. The summed E-state index contributed by atoms with van der Waals surface area (Å²) in [5, 5.41) is 11.4. The first-order valence-corrected chi connectivity index (χ1v) is 5.67. The van der Waals surface area contributed by atoms with Gasteiger partial charge in [-0.25, -0.2) is 4.79 Å². The summed E-state index contributed by atoms with van der Waals surface area (Å²) in [5.74, 6) is -1.40. The third kappa shape index (κ3) is 4.61. The van der Waals surface area contributed by atoms with Crippen LogP contribution in [0.4, 0.5) is 0 Å². The highest BCUT2D eigenvalue weighted by Crippen LogP contribution is 2.09. The van der Waals surface area contributed by atoms with E-state index in [2.05, 4.69) is 5.32 Å². The monoisotopic (exact) mass is 230 g/mol. The summed E-state index contributed by atoms with van der Waals surface area (Å²) in [7, 11) is 0. The number of nitrogens with one attached hydrogen (secondary N) is 1. The van der Waals surface area contributed by atoms with Crippen LogP contribution in [0.15, 0.2) is 0 Å². The zero-order valence-electron chi connectivity index (χ0n) is 10.2. The zero-order chi connectivity index (χ0) is 12.8. The summed E-state index contributed by atoms with van der Waals surface area (Å²) < 4.78 is 0. The molecule has 0 bridgehead atoms. The number of carboxylic acids is 1. The van der Waals surface area contributed by atoms with E-state index in [-0.39, 0.29) is 0 Å². The van der Waals surface area contributed by atoms with Crippen LogP contribution in [0.25, 0.3) is 0 Å². The number of carboxylic acid groups (broad SMARTS) is 1. The van der Waals surface area contributed by atoms with Gasteiger partial charge in [-0.1, -0.05) is 26.7 Å². The van der Waals surface area contributed by atoms with Crippen molar-refractivity contribution in [2.45, 2.75) is 58.0 Å². The molecule has 0 aromatic heterocycles. The Hall–Kier alpha value is -1.10. The van der Waals surface area contributed by atoms with Crippen molar-refractivity contribution in [3.05, 3.63) is 0 Å². The molecule has 0 aliphatic heterocycles. The fourth-order valence-corrected chi connectivity index (χ4v) is 1.50. The maximum Gasteiger partial charge on any atom is 0.326 e. The second-order valence-corrected chi connectivity index (χ2v) is 4.32. The first kappa shape index (κ1) is 14.9. The third-order valence-corrected chi connectivity index (χ3v) is 2.47. The highest BCUT2D eigenvalue weighted by atomic mass is 16.4. The van der Waals surface area contributed by atoms with Crippen LogP contribution in [0.5, 0.6) is 0 Å². The molecule has 0 spiro atoms. The van der Waals surface area contributed by atoms with Crippen molar-refractivity contribution in [3.63, 3.8) is 0 Å². The van der Waals surface area contributed by atoms with Gasteiger partial charge in [0.15, 0.2) is 0 Å². The number of hydrogen-bond donors (Lipinski definition) is 3. The molecule has 0 radical (unpaired) electrons. The van der Waals surface area contributed by atoms with E-state index in [1.165, 1.54) is 0 Å². The second-order valence-electron chi connectivity index (χ2n) is 4.32. The minimum Gasteiger partial charge on any atom is -0.480 e. The van der Waals surface area contributed by atoms with E-state index in [0.717, 1.165) is 6.42 Å². The van der Waals surface area contributed by atoms with Gasteiger partial charge < -0.3 is 16.2 Å². The molecule has 0 aliphatic carbocycles. The number of nitrogens with two attached hydrogens (primary N) is 1. The third-order valence-electron chi connectivity index (χ3n) is 2.47. The lowest BCUT2D eigenvalue weighted by atomic mass is 9.96. The number of carbonyl (C=O) groups is 2. The van der Waals surface area contributed by atoms with Crippen LogP contribution < -0.4 is 11.1 Å². The van der Waals surface area contributed by atoms with Gasteiger partial charge in [0.25, 0.3) is 0 Å². The first-order valence-electron chi connectivity index (χ1n) is 5.67. The molecular formula is C11H22N2O3. The van der Waals surface area contributed by atoms with Gasteiger partial charge in [0, 0.05) is 0 Å². The highest BCUT2D eigenvalue weighted by molar-refractivity contribution is 5.89. The Balaban J connectivity index is 4.44.